The first kappa shape index (κ1) is 18.0. The summed E-state index contributed by atoms with van der Waals surface area (Å²) in [7, 11) is 0. The quantitative estimate of drug-likeness (QED) is 0.350. The summed E-state index contributed by atoms with van der Waals surface area (Å²) in [5.74, 6) is 0.716. The van der Waals surface area contributed by atoms with Crippen molar-refractivity contribution in [2.75, 3.05) is 5.32 Å². The highest BCUT2D eigenvalue weighted by atomic mass is 79.9. The van der Waals surface area contributed by atoms with Gasteiger partial charge in [0, 0.05) is 34.8 Å². The number of benzene rings is 1. The Kier molecular flexibility index (Phi) is 4.90. The van der Waals surface area contributed by atoms with E-state index < -0.39 is 0 Å². The lowest BCUT2D eigenvalue weighted by Crippen LogP contribution is -2.25. The lowest BCUT2D eigenvalue weighted by molar-refractivity contribution is -0.605. The van der Waals surface area contributed by atoms with Crippen molar-refractivity contribution in [1.29, 1.82) is 0 Å². The van der Waals surface area contributed by atoms with E-state index >= 15 is 0 Å². The summed E-state index contributed by atoms with van der Waals surface area (Å²) in [5, 5.41) is 20.2. The van der Waals surface area contributed by atoms with Gasteiger partial charge in [-0.3, -0.25) is 0 Å². The lowest BCUT2D eigenvalue weighted by atomic mass is 10.1. The molecule has 0 fully saturated rings. The highest BCUT2D eigenvalue weighted by Gasteiger charge is 2.14. The van der Waals surface area contributed by atoms with Crippen molar-refractivity contribution in [2.45, 2.75) is 6.54 Å². The minimum Gasteiger partial charge on any atom is -0.619 e. The van der Waals surface area contributed by atoms with Crippen molar-refractivity contribution >= 4 is 50.6 Å². The smallest absolute Gasteiger partial charge is 0.185 e. The molecule has 6 nitrogen and oxygen atoms in total. The second kappa shape index (κ2) is 7.34. The normalized spacial score (nSPS) is 11.1. The third-order valence-electron chi connectivity index (χ3n) is 3.95. The van der Waals surface area contributed by atoms with Crippen molar-refractivity contribution in [3.8, 4) is 11.3 Å². The van der Waals surface area contributed by atoms with Gasteiger partial charge in [0.15, 0.2) is 18.0 Å². The molecule has 1 N–H and O–H groups in total. The Morgan fingerprint density at radius 3 is 2.85 bits per heavy atom. The Morgan fingerprint density at radius 2 is 2.07 bits per heavy atom. The second-order valence-electron chi connectivity index (χ2n) is 5.80. The van der Waals surface area contributed by atoms with Crippen LogP contribution in [0, 0.1) is 5.21 Å². The van der Waals surface area contributed by atoms with Crippen LogP contribution in [0.1, 0.15) is 5.56 Å². The highest BCUT2D eigenvalue weighted by molar-refractivity contribution is 9.10. The number of hydrogen-bond acceptors (Lipinski definition) is 4. The second-order valence-corrected chi connectivity index (χ2v) is 7.50. The molecule has 9 heteroatoms. The molecule has 4 rings (SSSR count). The molecule has 0 spiro atoms. The monoisotopic (exact) mass is 463 g/mol. The summed E-state index contributed by atoms with van der Waals surface area (Å²) in [5.41, 5.74) is 2.93. The van der Waals surface area contributed by atoms with Crippen LogP contribution in [0.5, 0.6) is 0 Å². The predicted molar refractivity (Wildman–Crippen MR) is 109 cm³/mol. The Labute approximate surface area is 173 Å². The molecule has 136 valence electrons. The average molecular weight is 465 g/mol. The number of pyridine rings is 1. The van der Waals surface area contributed by atoms with Crippen LogP contribution < -0.4 is 10.0 Å². The minimum absolute atomic E-state index is 0.452. The van der Waals surface area contributed by atoms with Crippen LogP contribution >= 0.6 is 39.1 Å². The third kappa shape index (κ3) is 3.71. The van der Waals surface area contributed by atoms with Gasteiger partial charge in [0.05, 0.1) is 21.4 Å². The molecule has 0 saturated heterocycles. The van der Waals surface area contributed by atoms with E-state index in [0.717, 1.165) is 20.3 Å². The number of hydrogen-bond donors (Lipinski definition) is 1. The SMILES string of the molecule is [O-][n+]1cccc(CNc2cc(-c3ccc(Cl)cc3Cl)nc3c(Br)cnn23)c1. The van der Waals surface area contributed by atoms with Gasteiger partial charge in [-0.2, -0.15) is 14.3 Å². The first-order valence-electron chi connectivity index (χ1n) is 7.92. The van der Waals surface area contributed by atoms with Gasteiger partial charge in [0.25, 0.3) is 0 Å². The maximum Gasteiger partial charge on any atom is 0.185 e. The molecule has 1 aromatic carbocycles. The molecule has 0 saturated carbocycles. The zero-order valence-electron chi connectivity index (χ0n) is 13.7. The summed E-state index contributed by atoms with van der Waals surface area (Å²) < 4.78 is 3.21. The molecule has 0 radical (unpaired) electrons. The van der Waals surface area contributed by atoms with E-state index in [0.29, 0.717) is 33.7 Å². The minimum atomic E-state index is 0.452. The van der Waals surface area contributed by atoms with Crippen LogP contribution in [0.2, 0.25) is 10.0 Å². The van der Waals surface area contributed by atoms with Gasteiger partial charge in [-0.15, -0.1) is 0 Å². The van der Waals surface area contributed by atoms with Gasteiger partial charge in [0.2, 0.25) is 0 Å². The van der Waals surface area contributed by atoms with Gasteiger partial charge in [-0.25, -0.2) is 4.98 Å². The highest BCUT2D eigenvalue weighted by Crippen LogP contribution is 2.32. The Hall–Kier alpha value is -2.35. The standard InChI is InChI=1S/C18H12BrCl2N5O/c19-14-9-23-26-17(22-8-11-2-1-5-25(27)10-11)7-16(24-18(14)26)13-4-3-12(20)6-15(13)21/h1-7,9-10,22H,8H2. The van der Waals surface area contributed by atoms with Gasteiger partial charge in [-0.1, -0.05) is 23.2 Å². The van der Waals surface area contributed by atoms with E-state index in [1.54, 1.807) is 28.9 Å². The topological polar surface area (TPSA) is 69.2 Å². The Balaban J connectivity index is 1.77. The third-order valence-corrected chi connectivity index (χ3v) is 5.05. The van der Waals surface area contributed by atoms with Crippen molar-refractivity contribution < 1.29 is 4.73 Å². The molecule has 0 unspecified atom stereocenters. The Morgan fingerprint density at radius 1 is 1.22 bits per heavy atom. The number of rotatable bonds is 4. The van der Waals surface area contributed by atoms with Gasteiger partial charge in [-0.05, 0) is 40.2 Å². The van der Waals surface area contributed by atoms with Crippen molar-refractivity contribution in [2.24, 2.45) is 0 Å². The molecule has 27 heavy (non-hydrogen) atoms. The fraction of sp³-hybridized carbons (Fsp3) is 0.0556. The first-order valence-corrected chi connectivity index (χ1v) is 9.47. The van der Waals surface area contributed by atoms with Crippen LogP contribution in [0.15, 0.2) is 59.5 Å². The molecule has 0 atom stereocenters. The number of aromatic nitrogens is 4. The van der Waals surface area contributed by atoms with E-state index in [1.165, 1.54) is 12.4 Å². The van der Waals surface area contributed by atoms with Gasteiger partial charge < -0.3 is 10.5 Å². The molecular formula is C18H12BrCl2N5O. The Bertz CT molecular complexity index is 1150. The first-order chi connectivity index (χ1) is 13.0. The maximum atomic E-state index is 11.5. The van der Waals surface area contributed by atoms with Crippen molar-refractivity contribution in [3.63, 3.8) is 0 Å². The number of nitrogens with zero attached hydrogens (tertiary/aromatic N) is 4. The van der Waals surface area contributed by atoms with E-state index in [1.807, 2.05) is 18.2 Å². The van der Waals surface area contributed by atoms with Gasteiger partial charge >= 0.3 is 0 Å². The van der Waals surface area contributed by atoms with Gasteiger partial charge in [0.1, 0.15) is 5.82 Å². The number of halogens is 3. The van der Waals surface area contributed by atoms with Crippen molar-refractivity contribution in [1.82, 2.24) is 14.6 Å². The van der Waals surface area contributed by atoms with Crippen LogP contribution in [-0.4, -0.2) is 14.6 Å². The number of anilines is 1. The van der Waals surface area contributed by atoms with Crippen LogP contribution in [0.3, 0.4) is 0 Å². The average Bonchev–Trinajstić information content (AvgIpc) is 3.01. The van der Waals surface area contributed by atoms with Crippen molar-refractivity contribution in [3.05, 3.63) is 80.3 Å². The molecule has 0 amide bonds. The van der Waals surface area contributed by atoms with E-state index in [2.05, 4.69) is 31.3 Å². The van der Waals surface area contributed by atoms with Crippen LogP contribution in [0.25, 0.3) is 16.9 Å². The fourth-order valence-electron chi connectivity index (χ4n) is 2.70. The summed E-state index contributed by atoms with van der Waals surface area (Å²) in [6, 6.07) is 10.7. The summed E-state index contributed by atoms with van der Waals surface area (Å²) in [4.78, 5) is 4.66. The van der Waals surface area contributed by atoms with Crippen LogP contribution in [-0.2, 0) is 6.54 Å². The van der Waals surface area contributed by atoms with E-state index in [9.17, 15) is 5.21 Å². The molecule has 0 aliphatic heterocycles. The fourth-order valence-corrected chi connectivity index (χ4v) is 3.55. The molecule has 0 aliphatic rings. The molecule has 0 bridgehead atoms. The summed E-state index contributed by atoms with van der Waals surface area (Å²) in [6.07, 6.45) is 4.63. The predicted octanol–water partition coefficient (Wildman–Crippen LogP) is 4.71. The largest absolute Gasteiger partial charge is 0.619 e. The lowest BCUT2D eigenvalue weighted by Gasteiger charge is -2.11. The summed E-state index contributed by atoms with van der Waals surface area (Å²) >= 11 is 15.8. The zero-order chi connectivity index (χ0) is 19.0. The maximum absolute atomic E-state index is 11.5. The number of fused-ring (bicyclic) bond motifs is 1. The molecule has 0 aliphatic carbocycles. The molecular weight excluding hydrogens is 453 g/mol. The molecule has 3 heterocycles. The number of nitrogens with one attached hydrogen (secondary N) is 1. The zero-order valence-corrected chi connectivity index (χ0v) is 16.8. The van der Waals surface area contributed by atoms with Crippen LogP contribution in [0.4, 0.5) is 5.82 Å². The molecule has 4 aromatic rings. The van der Waals surface area contributed by atoms with E-state index in [-0.39, 0.29) is 0 Å². The summed E-state index contributed by atoms with van der Waals surface area (Å²) in [6.45, 7) is 0.452. The molecule has 3 aromatic heterocycles. The van der Waals surface area contributed by atoms with E-state index in [4.69, 9.17) is 23.2 Å².